The summed E-state index contributed by atoms with van der Waals surface area (Å²) in [4.78, 5) is 11.0. The van der Waals surface area contributed by atoms with Gasteiger partial charge in [-0.1, -0.05) is 13.8 Å². The zero-order chi connectivity index (χ0) is 15.9. The van der Waals surface area contributed by atoms with Crippen LogP contribution in [0.1, 0.15) is 20.3 Å². The topological polar surface area (TPSA) is 150 Å². The largest absolute Gasteiger partial charge is 0.480 e. The van der Waals surface area contributed by atoms with Gasteiger partial charge in [-0.15, -0.1) is 0 Å². The van der Waals surface area contributed by atoms with E-state index in [2.05, 4.69) is 5.32 Å². The number of hydrogen-bond donors (Lipinski definition) is 7. The van der Waals surface area contributed by atoms with E-state index in [0.717, 1.165) is 0 Å². The van der Waals surface area contributed by atoms with Gasteiger partial charge < -0.3 is 36.0 Å². The number of hydrogen-bond acceptors (Lipinski definition) is 7. The number of nitrogens with one attached hydrogen (secondary N) is 1. The van der Waals surface area contributed by atoms with Crippen molar-refractivity contribution in [3.05, 3.63) is 0 Å². The van der Waals surface area contributed by atoms with E-state index in [4.69, 9.17) is 15.3 Å². The van der Waals surface area contributed by atoms with Gasteiger partial charge in [0.15, 0.2) is 0 Å². The lowest BCUT2D eigenvalue weighted by molar-refractivity contribution is -0.140. The first-order valence-electron chi connectivity index (χ1n) is 6.50. The Morgan fingerprint density at radius 2 is 1.55 bits per heavy atom. The Morgan fingerprint density at radius 3 is 1.95 bits per heavy atom. The maximum atomic E-state index is 11.0. The third kappa shape index (κ3) is 6.60. The SMILES string of the molecule is CC(C)C[C@H](NCC(O)C(O)C(O)C(O)CO)C(=O)O. The minimum Gasteiger partial charge on any atom is -0.480 e. The molecular formula is C12H25NO7. The van der Waals surface area contributed by atoms with Gasteiger partial charge >= 0.3 is 5.97 Å². The van der Waals surface area contributed by atoms with Crippen LogP contribution < -0.4 is 5.32 Å². The summed E-state index contributed by atoms with van der Waals surface area (Å²) in [7, 11) is 0. The Labute approximate surface area is 117 Å². The van der Waals surface area contributed by atoms with Crippen molar-refractivity contribution in [1.82, 2.24) is 5.32 Å². The minimum atomic E-state index is -1.72. The molecule has 0 amide bonds. The van der Waals surface area contributed by atoms with Crippen LogP contribution in [0.2, 0.25) is 0 Å². The predicted molar refractivity (Wildman–Crippen MR) is 70.0 cm³/mol. The molecule has 0 aliphatic rings. The summed E-state index contributed by atoms with van der Waals surface area (Å²) in [5.74, 6) is -0.941. The summed E-state index contributed by atoms with van der Waals surface area (Å²) in [6, 6.07) is -0.878. The van der Waals surface area contributed by atoms with Crippen LogP contribution in [0.4, 0.5) is 0 Å². The monoisotopic (exact) mass is 295 g/mol. The van der Waals surface area contributed by atoms with Crippen LogP contribution in [0.3, 0.4) is 0 Å². The fourth-order valence-electron chi connectivity index (χ4n) is 1.69. The van der Waals surface area contributed by atoms with Gasteiger partial charge in [-0.3, -0.25) is 4.79 Å². The average Bonchev–Trinajstić information content (AvgIpc) is 2.39. The van der Waals surface area contributed by atoms with Gasteiger partial charge in [-0.05, 0) is 12.3 Å². The van der Waals surface area contributed by atoms with Crippen molar-refractivity contribution in [2.75, 3.05) is 13.2 Å². The molecule has 0 spiro atoms. The van der Waals surface area contributed by atoms with Gasteiger partial charge in [0.2, 0.25) is 0 Å². The van der Waals surface area contributed by atoms with Crippen LogP contribution in [0.5, 0.6) is 0 Å². The maximum absolute atomic E-state index is 11.0. The molecule has 5 atom stereocenters. The van der Waals surface area contributed by atoms with Crippen molar-refractivity contribution in [3.63, 3.8) is 0 Å². The molecule has 0 radical (unpaired) electrons. The predicted octanol–water partition coefficient (Wildman–Crippen LogP) is -2.49. The summed E-state index contributed by atoms with van der Waals surface area (Å²) in [5.41, 5.74) is 0. The highest BCUT2D eigenvalue weighted by molar-refractivity contribution is 5.73. The van der Waals surface area contributed by atoms with Gasteiger partial charge in [0.1, 0.15) is 24.4 Å². The summed E-state index contributed by atoms with van der Waals surface area (Å²) < 4.78 is 0. The van der Waals surface area contributed by atoms with Crippen molar-refractivity contribution < 1.29 is 35.4 Å². The smallest absolute Gasteiger partial charge is 0.320 e. The van der Waals surface area contributed by atoms with E-state index < -0.39 is 43.0 Å². The molecule has 0 aliphatic heterocycles. The third-order valence-electron chi connectivity index (χ3n) is 2.90. The van der Waals surface area contributed by atoms with Crippen LogP contribution in [0.25, 0.3) is 0 Å². The Hall–Kier alpha value is -0.770. The molecule has 4 unspecified atom stereocenters. The van der Waals surface area contributed by atoms with Crippen LogP contribution in [-0.2, 0) is 4.79 Å². The molecule has 0 saturated heterocycles. The second kappa shape index (κ2) is 9.22. The second-order valence-electron chi connectivity index (χ2n) is 5.23. The Morgan fingerprint density at radius 1 is 1.05 bits per heavy atom. The van der Waals surface area contributed by atoms with E-state index in [0.29, 0.717) is 6.42 Å². The summed E-state index contributed by atoms with van der Waals surface area (Å²) in [6.07, 6.45) is -6.12. The lowest BCUT2D eigenvalue weighted by Crippen LogP contribution is -2.51. The molecule has 0 saturated carbocycles. The molecule has 0 aromatic heterocycles. The average molecular weight is 295 g/mol. The summed E-state index contributed by atoms with van der Waals surface area (Å²) in [6.45, 7) is 2.68. The molecule has 0 aromatic carbocycles. The van der Waals surface area contributed by atoms with E-state index in [-0.39, 0.29) is 12.5 Å². The highest BCUT2D eigenvalue weighted by Crippen LogP contribution is 2.07. The lowest BCUT2D eigenvalue weighted by atomic mass is 10.0. The van der Waals surface area contributed by atoms with Crippen LogP contribution >= 0.6 is 0 Å². The molecule has 8 nitrogen and oxygen atoms in total. The number of aliphatic hydroxyl groups excluding tert-OH is 5. The first kappa shape index (κ1) is 19.2. The Kier molecular flexibility index (Phi) is 8.86. The summed E-state index contributed by atoms with van der Waals surface area (Å²) >= 11 is 0. The van der Waals surface area contributed by atoms with Crippen LogP contribution in [0.15, 0.2) is 0 Å². The highest BCUT2D eigenvalue weighted by Gasteiger charge is 2.30. The number of rotatable bonds is 10. The number of carboxylic acid groups (broad SMARTS) is 1. The molecule has 0 aliphatic carbocycles. The first-order valence-corrected chi connectivity index (χ1v) is 6.50. The standard InChI is InChI=1S/C12H25NO7/c1-6(2)3-7(12(19)20)13-4-8(15)10(17)11(18)9(16)5-14/h6-11,13-18H,3-5H2,1-2H3,(H,19,20)/t7-,8?,9?,10?,11?/m0/s1. The van der Waals surface area contributed by atoms with E-state index in [1.54, 1.807) is 0 Å². The molecule has 20 heavy (non-hydrogen) atoms. The molecule has 0 aromatic rings. The number of carbonyl (C=O) groups is 1. The molecule has 7 N–H and O–H groups in total. The number of aliphatic hydroxyl groups is 5. The van der Waals surface area contributed by atoms with Crippen LogP contribution in [0, 0.1) is 5.92 Å². The van der Waals surface area contributed by atoms with E-state index in [9.17, 15) is 20.1 Å². The molecule has 0 heterocycles. The highest BCUT2D eigenvalue weighted by atomic mass is 16.4. The van der Waals surface area contributed by atoms with E-state index >= 15 is 0 Å². The van der Waals surface area contributed by atoms with Crippen molar-refractivity contribution in [2.45, 2.75) is 50.7 Å². The fraction of sp³-hybridized carbons (Fsp3) is 0.917. The van der Waals surface area contributed by atoms with Crippen molar-refractivity contribution in [1.29, 1.82) is 0 Å². The van der Waals surface area contributed by atoms with Gasteiger partial charge in [-0.25, -0.2) is 0 Å². The van der Waals surface area contributed by atoms with Gasteiger partial charge in [-0.2, -0.15) is 0 Å². The van der Waals surface area contributed by atoms with Crippen LogP contribution in [-0.4, -0.2) is 80.2 Å². The van der Waals surface area contributed by atoms with Crippen molar-refractivity contribution >= 4 is 5.97 Å². The van der Waals surface area contributed by atoms with Gasteiger partial charge in [0.05, 0.1) is 12.7 Å². The van der Waals surface area contributed by atoms with E-state index in [1.165, 1.54) is 0 Å². The van der Waals surface area contributed by atoms with Crippen molar-refractivity contribution in [2.24, 2.45) is 5.92 Å². The molecule has 120 valence electrons. The molecule has 0 rings (SSSR count). The molecule has 8 heteroatoms. The van der Waals surface area contributed by atoms with Crippen molar-refractivity contribution in [3.8, 4) is 0 Å². The fourth-order valence-corrected chi connectivity index (χ4v) is 1.69. The van der Waals surface area contributed by atoms with Gasteiger partial charge in [0.25, 0.3) is 0 Å². The lowest BCUT2D eigenvalue weighted by Gasteiger charge is -2.27. The number of carboxylic acids is 1. The maximum Gasteiger partial charge on any atom is 0.320 e. The third-order valence-corrected chi connectivity index (χ3v) is 2.90. The first-order chi connectivity index (χ1) is 9.20. The zero-order valence-corrected chi connectivity index (χ0v) is 11.7. The van der Waals surface area contributed by atoms with Gasteiger partial charge in [0, 0.05) is 6.54 Å². The second-order valence-corrected chi connectivity index (χ2v) is 5.23. The minimum absolute atomic E-state index is 0.132. The molecule has 0 bridgehead atoms. The number of aliphatic carboxylic acids is 1. The normalized spacial score (nSPS) is 19.4. The summed E-state index contributed by atoms with van der Waals surface area (Å²) in [5, 5.41) is 57.9. The quantitative estimate of drug-likeness (QED) is 0.234. The Balaban J connectivity index is 4.37. The Bertz CT molecular complexity index is 287. The molecule has 0 fully saturated rings. The molecular weight excluding hydrogens is 270 g/mol. The van der Waals surface area contributed by atoms with E-state index in [1.807, 2.05) is 13.8 Å². The zero-order valence-electron chi connectivity index (χ0n) is 11.7.